The number of benzene rings is 1. The molecule has 0 spiro atoms. The summed E-state index contributed by atoms with van der Waals surface area (Å²) in [4.78, 5) is 21.2. The number of carbonyl (C=O) groups is 1. The fourth-order valence-corrected chi connectivity index (χ4v) is 6.04. The van der Waals surface area contributed by atoms with Crippen molar-refractivity contribution < 1.29 is 17.9 Å². The van der Waals surface area contributed by atoms with Crippen LogP contribution in [0.15, 0.2) is 64.0 Å². The third-order valence-corrected chi connectivity index (χ3v) is 8.41. The van der Waals surface area contributed by atoms with Gasteiger partial charge in [0.05, 0.1) is 30.4 Å². The summed E-state index contributed by atoms with van der Waals surface area (Å²) in [6.07, 6.45) is 1.62. The molecule has 4 rings (SSSR count). The van der Waals surface area contributed by atoms with Crippen LogP contribution >= 0.6 is 23.1 Å². The van der Waals surface area contributed by atoms with Crippen molar-refractivity contribution in [3.05, 3.63) is 64.7 Å². The molecule has 0 saturated carbocycles. The lowest BCUT2D eigenvalue weighted by Crippen LogP contribution is -2.40. The van der Waals surface area contributed by atoms with Crippen molar-refractivity contribution in [3.8, 4) is 0 Å². The number of nitrogens with zero attached hydrogens (tertiary/aromatic N) is 3. The SMILES string of the molecule is O=C(Cc1nc(CSc2ccc(S(=O)(=O)N3CCOCC3)cn2)cs1)Nc1ccccc1. The second kappa shape index (κ2) is 10.5. The minimum absolute atomic E-state index is 0.108. The van der Waals surface area contributed by atoms with Crippen LogP contribution in [0.5, 0.6) is 0 Å². The first kappa shape index (κ1) is 22.9. The first-order valence-electron chi connectivity index (χ1n) is 9.95. The number of hydrogen-bond donors (Lipinski definition) is 1. The highest BCUT2D eigenvalue weighted by Crippen LogP contribution is 2.24. The summed E-state index contributed by atoms with van der Waals surface area (Å²) in [5, 5.41) is 6.23. The summed E-state index contributed by atoms with van der Waals surface area (Å²) in [6, 6.07) is 12.6. The number of anilines is 1. The molecule has 1 N–H and O–H groups in total. The predicted octanol–water partition coefficient (Wildman–Crippen LogP) is 3.03. The number of amides is 1. The Morgan fingerprint density at radius 3 is 2.66 bits per heavy atom. The fourth-order valence-electron chi connectivity index (χ4n) is 3.05. The van der Waals surface area contributed by atoms with Gasteiger partial charge in [-0.15, -0.1) is 23.1 Å². The summed E-state index contributed by atoms with van der Waals surface area (Å²) in [5.41, 5.74) is 1.62. The summed E-state index contributed by atoms with van der Waals surface area (Å²) in [6.45, 7) is 1.52. The topological polar surface area (TPSA) is 101 Å². The number of thiazole rings is 1. The number of ether oxygens (including phenoxy) is 1. The van der Waals surface area contributed by atoms with Gasteiger partial charge >= 0.3 is 0 Å². The zero-order chi connectivity index (χ0) is 22.4. The highest BCUT2D eigenvalue weighted by atomic mass is 32.2. The molecule has 0 aliphatic carbocycles. The average molecular weight is 491 g/mol. The van der Waals surface area contributed by atoms with Crippen LogP contribution < -0.4 is 5.32 Å². The number of morpholine rings is 1. The van der Waals surface area contributed by atoms with Crippen LogP contribution in [0, 0.1) is 0 Å². The molecule has 1 aromatic carbocycles. The van der Waals surface area contributed by atoms with Crippen molar-refractivity contribution in [3.63, 3.8) is 0 Å². The van der Waals surface area contributed by atoms with Crippen LogP contribution in [-0.2, 0) is 31.7 Å². The Labute approximate surface area is 195 Å². The van der Waals surface area contributed by atoms with E-state index in [4.69, 9.17) is 4.74 Å². The number of thioether (sulfide) groups is 1. The summed E-state index contributed by atoms with van der Waals surface area (Å²) in [7, 11) is -3.54. The van der Waals surface area contributed by atoms with Gasteiger partial charge in [-0.05, 0) is 24.3 Å². The third kappa shape index (κ3) is 5.93. The maximum absolute atomic E-state index is 12.7. The molecule has 32 heavy (non-hydrogen) atoms. The molecule has 1 aliphatic heterocycles. The van der Waals surface area contributed by atoms with Gasteiger partial charge in [0.25, 0.3) is 0 Å². The van der Waals surface area contributed by atoms with E-state index in [-0.39, 0.29) is 17.2 Å². The molecule has 0 unspecified atom stereocenters. The largest absolute Gasteiger partial charge is 0.379 e. The predicted molar refractivity (Wildman–Crippen MR) is 124 cm³/mol. The van der Waals surface area contributed by atoms with Crippen LogP contribution in [0.3, 0.4) is 0 Å². The van der Waals surface area contributed by atoms with Crippen LogP contribution in [0.2, 0.25) is 0 Å². The van der Waals surface area contributed by atoms with Crippen molar-refractivity contribution in [1.82, 2.24) is 14.3 Å². The Kier molecular flexibility index (Phi) is 7.53. The van der Waals surface area contributed by atoms with E-state index in [9.17, 15) is 13.2 Å². The zero-order valence-corrected chi connectivity index (χ0v) is 19.6. The summed E-state index contributed by atoms with van der Waals surface area (Å²) in [5.74, 6) is 0.475. The van der Waals surface area contributed by atoms with Gasteiger partial charge in [-0.25, -0.2) is 18.4 Å². The van der Waals surface area contributed by atoms with Crippen molar-refractivity contribution in [1.29, 1.82) is 0 Å². The minimum atomic E-state index is -3.54. The number of aromatic nitrogens is 2. The monoisotopic (exact) mass is 490 g/mol. The second-order valence-corrected chi connectivity index (χ2v) is 10.8. The standard InChI is InChI=1S/C21H22N4O4S3/c26-19(23-16-4-2-1-3-5-16)12-21-24-17(15-31-21)14-30-20-7-6-18(13-22-20)32(27,28)25-8-10-29-11-9-25/h1-7,13,15H,8-12,14H2,(H,23,26). The molecule has 1 fully saturated rings. The molecular formula is C21H22N4O4S3. The summed E-state index contributed by atoms with van der Waals surface area (Å²) >= 11 is 2.91. The van der Waals surface area contributed by atoms with E-state index in [0.717, 1.165) is 16.4 Å². The Morgan fingerprint density at radius 1 is 1.16 bits per heavy atom. The molecular weight excluding hydrogens is 468 g/mol. The number of pyridine rings is 1. The lowest BCUT2D eigenvalue weighted by atomic mass is 10.3. The molecule has 2 aromatic heterocycles. The van der Waals surface area contributed by atoms with Crippen LogP contribution in [0.1, 0.15) is 10.7 Å². The molecule has 3 heterocycles. The first-order valence-corrected chi connectivity index (χ1v) is 13.3. The van der Waals surface area contributed by atoms with Crippen molar-refractivity contribution >= 4 is 44.7 Å². The van der Waals surface area contributed by atoms with E-state index in [2.05, 4.69) is 15.3 Å². The van der Waals surface area contributed by atoms with Gasteiger partial charge in [0, 0.05) is 36.1 Å². The first-order chi connectivity index (χ1) is 15.5. The van der Waals surface area contributed by atoms with E-state index >= 15 is 0 Å². The van der Waals surface area contributed by atoms with Crippen molar-refractivity contribution in [2.24, 2.45) is 0 Å². The van der Waals surface area contributed by atoms with Gasteiger partial charge in [0.1, 0.15) is 9.90 Å². The molecule has 0 radical (unpaired) electrons. The normalized spacial score (nSPS) is 14.9. The highest BCUT2D eigenvalue weighted by Gasteiger charge is 2.26. The number of rotatable bonds is 8. The van der Waals surface area contributed by atoms with E-state index in [1.54, 1.807) is 12.1 Å². The average Bonchev–Trinajstić information content (AvgIpc) is 3.26. The number of carbonyl (C=O) groups excluding carboxylic acids is 1. The van der Waals surface area contributed by atoms with Crippen LogP contribution in [0.25, 0.3) is 0 Å². The number of hydrogen-bond acceptors (Lipinski definition) is 8. The highest BCUT2D eigenvalue weighted by molar-refractivity contribution is 7.98. The summed E-state index contributed by atoms with van der Waals surface area (Å²) < 4.78 is 32.0. The number of sulfonamides is 1. The van der Waals surface area contributed by atoms with E-state index in [1.165, 1.54) is 33.6 Å². The fraction of sp³-hybridized carbons (Fsp3) is 0.286. The van der Waals surface area contributed by atoms with Crippen LogP contribution in [0.4, 0.5) is 5.69 Å². The van der Waals surface area contributed by atoms with Gasteiger partial charge < -0.3 is 10.1 Å². The molecule has 0 atom stereocenters. The lowest BCUT2D eigenvalue weighted by molar-refractivity contribution is -0.115. The van der Waals surface area contributed by atoms with E-state index in [0.29, 0.717) is 37.1 Å². The smallest absolute Gasteiger partial charge is 0.244 e. The molecule has 1 saturated heterocycles. The quantitative estimate of drug-likeness (QED) is 0.484. The molecule has 8 nitrogen and oxygen atoms in total. The molecule has 1 amide bonds. The molecule has 0 bridgehead atoms. The van der Waals surface area contributed by atoms with Crippen LogP contribution in [-0.4, -0.2) is 54.9 Å². The van der Waals surface area contributed by atoms with Gasteiger partial charge in [-0.2, -0.15) is 4.31 Å². The van der Waals surface area contributed by atoms with Gasteiger partial charge in [0.2, 0.25) is 15.9 Å². The molecule has 168 valence electrons. The van der Waals surface area contributed by atoms with Gasteiger partial charge in [-0.3, -0.25) is 4.79 Å². The molecule has 3 aromatic rings. The Balaban J connectivity index is 1.29. The Hall–Kier alpha value is -2.31. The number of nitrogens with one attached hydrogen (secondary N) is 1. The third-order valence-electron chi connectivity index (χ3n) is 4.65. The van der Waals surface area contributed by atoms with Crippen molar-refractivity contribution in [2.45, 2.75) is 22.1 Å². The van der Waals surface area contributed by atoms with Crippen molar-refractivity contribution in [2.75, 3.05) is 31.6 Å². The molecule has 11 heteroatoms. The second-order valence-electron chi connectivity index (χ2n) is 6.96. The maximum Gasteiger partial charge on any atom is 0.244 e. The van der Waals surface area contributed by atoms with Gasteiger partial charge in [0.15, 0.2) is 0 Å². The Morgan fingerprint density at radius 2 is 1.94 bits per heavy atom. The van der Waals surface area contributed by atoms with E-state index in [1.807, 2.05) is 35.7 Å². The maximum atomic E-state index is 12.7. The zero-order valence-electron chi connectivity index (χ0n) is 17.1. The lowest BCUT2D eigenvalue weighted by Gasteiger charge is -2.25. The van der Waals surface area contributed by atoms with E-state index < -0.39 is 10.0 Å². The number of para-hydroxylation sites is 1. The Bertz CT molecular complexity index is 1150. The van der Waals surface area contributed by atoms with Gasteiger partial charge in [-0.1, -0.05) is 18.2 Å². The minimum Gasteiger partial charge on any atom is -0.379 e. The molecule has 1 aliphatic rings.